The third-order valence-corrected chi connectivity index (χ3v) is 4.08. The molecule has 1 aromatic rings. The number of aryl methyl sites for hydroxylation is 1. The number of nitrogens with two attached hydrogens (primary N) is 1. The third-order valence-electron chi connectivity index (χ3n) is 4.08. The van der Waals surface area contributed by atoms with Crippen LogP contribution in [-0.2, 0) is 6.54 Å². The summed E-state index contributed by atoms with van der Waals surface area (Å²) in [7, 11) is 4.34. The highest BCUT2D eigenvalue weighted by atomic mass is 15.4. The van der Waals surface area contributed by atoms with Crippen molar-refractivity contribution < 1.29 is 0 Å². The van der Waals surface area contributed by atoms with Gasteiger partial charge >= 0.3 is 0 Å². The second kappa shape index (κ2) is 7.12. The zero-order valence-electron chi connectivity index (χ0n) is 12.8. The van der Waals surface area contributed by atoms with Gasteiger partial charge in [-0.15, -0.1) is 5.10 Å². The molecule has 7 heteroatoms. The van der Waals surface area contributed by atoms with E-state index in [-0.39, 0.29) is 6.04 Å². The molecule has 0 saturated carbocycles. The summed E-state index contributed by atoms with van der Waals surface area (Å²) in [4.78, 5) is 4.75. The zero-order valence-corrected chi connectivity index (χ0v) is 12.8. The fraction of sp³-hybridized carbons (Fsp3) is 0.846. The number of nitrogens with one attached hydrogen (secondary N) is 1. The van der Waals surface area contributed by atoms with Gasteiger partial charge in [0, 0.05) is 19.1 Å². The zero-order chi connectivity index (χ0) is 14.5. The van der Waals surface area contributed by atoms with E-state index in [4.69, 9.17) is 5.84 Å². The van der Waals surface area contributed by atoms with E-state index < -0.39 is 0 Å². The molecule has 2 unspecified atom stereocenters. The molecular weight excluding hydrogens is 254 g/mol. The van der Waals surface area contributed by atoms with Gasteiger partial charge in [-0.2, -0.15) is 0 Å². The summed E-state index contributed by atoms with van der Waals surface area (Å²) < 4.78 is 1.96. The van der Waals surface area contributed by atoms with Crippen molar-refractivity contribution in [2.45, 2.75) is 38.4 Å². The third kappa shape index (κ3) is 3.35. The van der Waals surface area contributed by atoms with Crippen LogP contribution in [0.3, 0.4) is 0 Å². The lowest BCUT2D eigenvalue weighted by Crippen LogP contribution is -2.49. The smallest absolute Gasteiger partial charge is 0.0812 e. The van der Waals surface area contributed by atoms with Crippen LogP contribution in [0, 0.1) is 0 Å². The normalized spacial score (nSPS) is 23.7. The maximum Gasteiger partial charge on any atom is 0.0812 e. The summed E-state index contributed by atoms with van der Waals surface area (Å²) in [5.74, 6) is 5.85. The average molecular weight is 281 g/mol. The standard InChI is InChI=1S/C13H27N7/c1-4-6-20-11(9-15-17-20)13(16-14)12-10-18(2)7-5-8-19(12)3/h9,12-13,16H,4-8,10,14H2,1-3H3. The van der Waals surface area contributed by atoms with Crippen molar-refractivity contribution in [3.8, 4) is 0 Å². The molecule has 114 valence electrons. The summed E-state index contributed by atoms with van der Waals surface area (Å²) in [6.45, 7) is 6.22. The van der Waals surface area contributed by atoms with Crippen molar-refractivity contribution in [2.75, 3.05) is 33.7 Å². The molecule has 20 heavy (non-hydrogen) atoms. The van der Waals surface area contributed by atoms with Crippen LogP contribution in [0.15, 0.2) is 6.20 Å². The van der Waals surface area contributed by atoms with Crippen LogP contribution >= 0.6 is 0 Å². The Hall–Kier alpha value is -1.02. The second-order valence-electron chi connectivity index (χ2n) is 5.69. The molecule has 0 amide bonds. The molecule has 2 atom stereocenters. The van der Waals surface area contributed by atoms with Crippen LogP contribution in [0.4, 0.5) is 0 Å². The molecule has 1 aromatic heterocycles. The van der Waals surface area contributed by atoms with Crippen LogP contribution < -0.4 is 11.3 Å². The Morgan fingerprint density at radius 3 is 2.95 bits per heavy atom. The van der Waals surface area contributed by atoms with E-state index in [0.717, 1.165) is 38.3 Å². The Kier molecular flexibility index (Phi) is 5.47. The number of nitrogens with zero attached hydrogens (tertiary/aromatic N) is 5. The quantitative estimate of drug-likeness (QED) is 0.576. The SMILES string of the molecule is CCCn1nncc1C(NN)C1CN(C)CCCN1C. The first kappa shape index (κ1) is 15.4. The number of hydrazine groups is 1. The minimum Gasteiger partial charge on any atom is -0.305 e. The van der Waals surface area contributed by atoms with Crippen molar-refractivity contribution in [3.63, 3.8) is 0 Å². The van der Waals surface area contributed by atoms with Gasteiger partial charge in [0.25, 0.3) is 0 Å². The molecule has 1 aliphatic heterocycles. The summed E-state index contributed by atoms with van der Waals surface area (Å²) in [5, 5.41) is 8.23. The van der Waals surface area contributed by atoms with Gasteiger partial charge in [0.05, 0.1) is 17.9 Å². The molecule has 3 N–H and O–H groups in total. The van der Waals surface area contributed by atoms with Gasteiger partial charge in [-0.25, -0.2) is 10.1 Å². The lowest BCUT2D eigenvalue weighted by molar-refractivity contribution is 0.173. The Labute approximate surface area is 121 Å². The highest BCUT2D eigenvalue weighted by Crippen LogP contribution is 2.22. The van der Waals surface area contributed by atoms with E-state index in [1.165, 1.54) is 6.42 Å². The predicted octanol–water partition coefficient (Wildman–Crippen LogP) is -0.172. The van der Waals surface area contributed by atoms with E-state index in [1.807, 2.05) is 10.9 Å². The van der Waals surface area contributed by atoms with Gasteiger partial charge in [-0.3, -0.25) is 5.84 Å². The fourth-order valence-corrected chi connectivity index (χ4v) is 2.95. The molecule has 0 bridgehead atoms. The van der Waals surface area contributed by atoms with Crippen molar-refractivity contribution >= 4 is 0 Å². The van der Waals surface area contributed by atoms with Crippen LogP contribution in [-0.4, -0.2) is 64.6 Å². The van der Waals surface area contributed by atoms with Crippen molar-refractivity contribution in [3.05, 3.63) is 11.9 Å². The first-order valence-corrected chi connectivity index (χ1v) is 7.40. The number of aromatic nitrogens is 3. The molecular formula is C13H27N7. The maximum absolute atomic E-state index is 5.85. The Morgan fingerprint density at radius 1 is 1.45 bits per heavy atom. The van der Waals surface area contributed by atoms with Crippen LogP contribution in [0.5, 0.6) is 0 Å². The van der Waals surface area contributed by atoms with Crippen molar-refractivity contribution in [1.29, 1.82) is 0 Å². The van der Waals surface area contributed by atoms with Gasteiger partial charge in [-0.05, 0) is 40.0 Å². The minimum absolute atomic E-state index is 0.0436. The first-order chi connectivity index (χ1) is 9.67. The number of rotatable bonds is 5. The Balaban J connectivity index is 2.22. The first-order valence-electron chi connectivity index (χ1n) is 7.40. The molecule has 1 fully saturated rings. The summed E-state index contributed by atoms with van der Waals surface area (Å²) in [6, 6.07) is 0.365. The van der Waals surface area contributed by atoms with E-state index in [9.17, 15) is 0 Å². The molecule has 0 aromatic carbocycles. The van der Waals surface area contributed by atoms with Crippen LogP contribution in [0.1, 0.15) is 31.5 Å². The largest absolute Gasteiger partial charge is 0.305 e. The molecule has 7 nitrogen and oxygen atoms in total. The maximum atomic E-state index is 5.85. The predicted molar refractivity (Wildman–Crippen MR) is 78.9 cm³/mol. The summed E-state index contributed by atoms with van der Waals surface area (Å²) >= 11 is 0. The number of hydrogen-bond acceptors (Lipinski definition) is 6. The number of likely N-dealkylation sites (N-methyl/N-ethyl adjacent to an activating group) is 2. The average Bonchev–Trinajstić information content (AvgIpc) is 2.80. The molecule has 1 saturated heterocycles. The minimum atomic E-state index is 0.0436. The van der Waals surface area contributed by atoms with Crippen LogP contribution in [0.25, 0.3) is 0 Å². The Bertz CT molecular complexity index is 405. The van der Waals surface area contributed by atoms with E-state index in [0.29, 0.717) is 6.04 Å². The Morgan fingerprint density at radius 2 is 2.25 bits per heavy atom. The number of hydrogen-bond donors (Lipinski definition) is 2. The lowest BCUT2D eigenvalue weighted by atomic mass is 10.0. The van der Waals surface area contributed by atoms with Crippen molar-refractivity contribution in [1.82, 2.24) is 30.2 Å². The lowest BCUT2D eigenvalue weighted by Gasteiger charge is -2.34. The summed E-state index contributed by atoms with van der Waals surface area (Å²) in [5.41, 5.74) is 4.05. The van der Waals surface area contributed by atoms with Crippen LogP contribution in [0.2, 0.25) is 0 Å². The van der Waals surface area contributed by atoms with E-state index in [2.05, 4.69) is 46.6 Å². The van der Waals surface area contributed by atoms with E-state index >= 15 is 0 Å². The molecule has 2 heterocycles. The van der Waals surface area contributed by atoms with Crippen molar-refractivity contribution in [2.24, 2.45) is 5.84 Å². The molecule has 2 rings (SSSR count). The monoisotopic (exact) mass is 281 g/mol. The molecule has 0 radical (unpaired) electrons. The molecule has 1 aliphatic rings. The molecule has 0 spiro atoms. The topological polar surface area (TPSA) is 75.2 Å². The van der Waals surface area contributed by atoms with Gasteiger partial charge in [0.1, 0.15) is 0 Å². The summed E-state index contributed by atoms with van der Waals surface area (Å²) in [6.07, 6.45) is 4.06. The fourth-order valence-electron chi connectivity index (χ4n) is 2.95. The van der Waals surface area contributed by atoms with Gasteiger partial charge in [0.2, 0.25) is 0 Å². The highest BCUT2D eigenvalue weighted by Gasteiger charge is 2.31. The van der Waals surface area contributed by atoms with Gasteiger partial charge in [0.15, 0.2) is 0 Å². The second-order valence-corrected chi connectivity index (χ2v) is 5.69. The van der Waals surface area contributed by atoms with E-state index in [1.54, 1.807) is 0 Å². The van der Waals surface area contributed by atoms with Gasteiger partial charge in [-0.1, -0.05) is 12.1 Å². The highest BCUT2D eigenvalue weighted by molar-refractivity contribution is 5.07. The molecule has 0 aliphatic carbocycles. The van der Waals surface area contributed by atoms with Gasteiger partial charge < -0.3 is 9.80 Å².